The van der Waals surface area contributed by atoms with E-state index < -0.39 is 0 Å². The zero-order chi connectivity index (χ0) is 10.7. The van der Waals surface area contributed by atoms with Crippen LogP contribution >= 0.6 is 0 Å². The molecule has 3 unspecified atom stereocenters. The van der Waals surface area contributed by atoms with Gasteiger partial charge >= 0.3 is 0 Å². The second-order valence-corrected chi connectivity index (χ2v) is 4.86. The second kappa shape index (κ2) is 5.28. The van der Waals surface area contributed by atoms with Crippen molar-refractivity contribution >= 4 is 0 Å². The molecule has 0 spiro atoms. The molecule has 3 nitrogen and oxygen atoms in total. The van der Waals surface area contributed by atoms with E-state index in [4.69, 9.17) is 4.74 Å². The summed E-state index contributed by atoms with van der Waals surface area (Å²) in [5.41, 5.74) is 0. The maximum Gasteiger partial charge on any atom is 0.0710 e. The van der Waals surface area contributed by atoms with Crippen LogP contribution in [0.15, 0.2) is 0 Å². The van der Waals surface area contributed by atoms with Crippen LogP contribution in [0.4, 0.5) is 0 Å². The molecule has 2 aliphatic rings. The third-order valence-corrected chi connectivity index (χ3v) is 3.92. The Hall–Kier alpha value is -0.120. The predicted molar refractivity (Wildman–Crippen MR) is 62.1 cm³/mol. The van der Waals surface area contributed by atoms with Crippen LogP contribution in [-0.4, -0.2) is 49.8 Å². The average Bonchev–Trinajstić information content (AvgIpc) is 2.85. The summed E-state index contributed by atoms with van der Waals surface area (Å²) in [5, 5.41) is 3.57. The Labute approximate surface area is 93.2 Å². The van der Waals surface area contributed by atoms with Crippen molar-refractivity contribution in [3.63, 3.8) is 0 Å². The van der Waals surface area contributed by atoms with Crippen LogP contribution in [0.25, 0.3) is 0 Å². The van der Waals surface area contributed by atoms with Gasteiger partial charge in [-0.05, 0) is 32.2 Å². The molecule has 2 rings (SSSR count). The number of methoxy groups -OCH3 is 1. The molecule has 1 heterocycles. The molecule has 1 aliphatic heterocycles. The molecule has 1 saturated carbocycles. The van der Waals surface area contributed by atoms with E-state index in [1.54, 1.807) is 0 Å². The van der Waals surface area contributed by atoms with Crippen molar-refractivity contribution in [3.05, 3.63) is 0 Å². The van der Waals surface area contributed by atoms with Gasteiger partial charge in [0.2, 0.25) is 0 Å². The molecule has 3 atom stereocenters. The first-order valence-corrected chi connectivity index (χ1v) is 6.33. The molecular weight excluding hydrogens is 188 g/mol. The lowest BCUT2D eigenvalue weighted by molar-refractivity contribution is 0.101. The number of likely N-dealkylation sites (tertiary alicyclic amines) is 1. The number of hydrogen-bond acceptors (Lipinski definition) is 3. The number of nitrogens with one attached hydrogen (secondary N) is 1. The summed E-state index contributed by atoms with van der Waals surface area (Å²) in [7, 11) is 1.84. The standard InChI is InChI=1S/C12H24N2O/c1-3-13-10-4-5-11(8-10)14-7-6-12(9-14)15-2/h10-13H,3-9H2,1-2H3. The number of hydrogen-bond donors (Lipinski definition) is 1. The number of rotatable bonds is 4. The number of nitrogens with zero attached hydrogens (tertiary/aromatic N) is 1. The summed E-state index contributed by atoms with van der Waals surface area (Å²) in [5.74, 6) is 0. The van der Waals surface area contributed by atoms with Gasteiger partial charge < -0.3 is 10.1 Å². The zero-order valence-electron chi connectivity index (χ0n) is 10.0. The molecule has 0 aromatic rings. The van der Waals surface area contributed by atoms with Crippen LogP contribution in [0.5, 0.6) is 0 Å². The Balaban J connectivity index is 1.76. The topological polar surface area (TPSA) is 24.5 Å². The summed E-state index contributed by atoms with van der Waals surface area (Å²) in [6.45, 7) is 5.70. The van der Waals surface area contributed by atoms with Crippen molar-refractivity contribution in [1.29, 1.82) is 0 Å². The van der Waals surface area contributed by atoms with Crippen LogP contribution in [0.2, 0.25) is 0 Å². The maximum absolute atomic E-state index is 5.42. The average molecular weight is 212 g/mol. The van der Waals surface area contributed by atoms with Gasteiger partial charge in [-0.1, -0.05) is 6.92 Å². The van der Waals surface area contributed by atoms with Crippen LogP contribution < -0.4 is 5.32 Å². The summed E-state index contributed by atoms with van der Waals surface area (Å²) in [6.07, 6.45) is 5.77. The fourth-order valence-electron chi connectivity index (χ4n) is 3.04. The molecule has 0 aromatic carbocycles. The third kappa shape index (κ3) is 2.71. The first kappa shape index (κ1) is 11.4. The van der Waals surface area contributed by atoms with Gasteiger partial charge in [0.1, 0.15) is 0 Å². The third-order valence-electron chi connectivity index (χ3n) is 3.92. The van der Waals surface area contributed by atoms with Gasteiger partial charge in [0.25, 0.3) is 0 Å². The van der Waals surface area contributed by atoms with Gasteiger partial charge in [0.05, 0.1) is 6.10 Å². The highest BCUT2D eigenvalue weighted by Gasteiger charge is 2.33. The van der Waals surface area contributed by atoms with E-state index in [-0.39, 0.29) is 0 Å². The Morgan fingerprint density at radius 3 is 2.87 bits per heavy atom. The normalized spacial score (nSPS) is 37.6. The highest BCUT2D eigenvalue weighted by Crippen LogP contribution is 2.27. The molecule has 1 saturated heterocycles. The molecule has 2 fully saturated rings. The van der Waals surface area contributed by atoms with Gasteiger partial charge in [-0.3, -0.25) is 4.90 Å². The van der Waals surface area contributed by atoms with E-state index >= 15 is 0 Å². The summed E-state index contributed by atoms with van der Waals surface area (Å²) >= 11 is 0. The molecule has 0 amide bonds. The van der Waals surface area contributed by atoms with E-state index in [9.17, 15) is 0 Å². The second-order valence-electron chi connectivity index (χ2n) is 4.86. The summed E-state index contributed by atoms with van der Waals surface area (Å²) in [4.78, 5) is 2.63. The van der Waals surface area contributed by atoms with Gasteiger partial charge in [-0.15, -0.1) is 0 Å². The quantitative estimate of drug-likeness (QED) is 0.759. The lowest BCUT2D eigenvalue weighted by atomic mass is 10.2. The molecule has 88 valence electrons. The Morgan fingerprint density at radius 2 is 2.20 bits per heavy atom. The molecule has 1 aliphatic carbocycles. The van der Waals surface area contributed by atoms with Gasteiger partial charge in [0.15, 0.2) is 0 Å². The van der Waals surface area contributed by atoms with Crippen molar-refractivity contribution in [1.82, 2.24) is 10.2 Å². The van der Waals surface area contributed by atoms with Gasteiger partial charge in [-0.25, -0.2) is 0 Å². The predicted octanol–water partition coefficient (Wildman–Crippen LogP) is 1.24. The van der Waals surface area contributed by atoms with Crippen molar-refractivity contribution < 1.29 is 4.74 Å². The molecule has 1 N–H and O–H groups in total. The molecule has 15 heavy (non-hydrogen) atoms. The van der Waals surface area contributed by atoms with Crippen molar-refractivity contribution in [2.75, 3.05) is 26.7 Å². The number of ether oxygens (including phenoxy) is 1. The molecule has 0 radical (unpaired) electrons. The summed E-state index contributed by atoms with van der Waals surface area (Å²) < 4.78 is 5.42. The van der Waals surface area contributed by atoms with Crippen molar-refractivity contribution in [3.8, 4) is 0 Å². The molecule has 0 aromatic heterocycles. The SMILES string of the molecule is CCNC1CCC(N2CCC(OC)C2)C1. The highest BCUT2D eigenvalue weighted by molar-refractivity contribution is 4.90. The smallest absolute Gasteiger partial charge is 0.0710 e. The van der Waals surface area contributed by atoms with E-state index in [0.717, 1.165) is 25.2 Å². The van der Waals surface area contributed by atoms with Gasteiger partial charge in [0, 0.05) is 32.3 Å². The Morgan fingerprint density at radius 1 is 1.33 bits per heavy atom. The van der Waals surface area contributed by atoms with E-state index in [0.29, 0.717) is 6.10 Å². The molecule has 3 heteroatoms. The lowest BCUT2D eigenvalue weighted by Gasteiger charge is -2.23. The Bertz CT molecular complexity index is 198. The van der Waals surface area contributed by atoms with Crippen LogP contribution in [0.1, 0.15) is 32.6 Å². The van der Waals surface area contributed by atoms with Crippen molar-refractivity contribution in [2.45, 2.75) is 50.8 Å². The first-order chi connectivity index (χ1) is 7.33. The largest absolute Gasteiger partial charge is 0.380 e. The zero-order valence-corrected chi connectivity index (χ0v) is 10.0. The van der Waals surface area contributed by atoms with Gasteiger partial charge in [-0.2, -0.15) is 0 Å². The molecular formula is C12H24N2O. The fraction of sp³-hybridized carbons (Fsp3) is 1.00. The minimum atomic E-state index is 0.489. The van der Waals surface area contributed by atoms with E-state index in [1.165, 1.54) is 32.2 Å². The first-order valence-electron chi connectivity index (χ1n) is 6.33. The monoisotopic (exact) mass is 212 g/mol. The van der Waals surface area contributed by atoms with Crippen LogP contribution in [0, 0.1) is 0 Å². The maximum atomic E-state index is 5.42. The van der Waals surface area contributed by atoms with Crippen LogP contribution in [-0.2, 0) is 4.74 Å². The summed E-state index contributed by atoms with van der Waals surface area (Å²) in [6, 6.07) is 1.58. The van der Waals surface area contributed by atoms with Crippen molar-refractivity contribution in [2.24, 2.45) is 0 Å². The van der Waals surface area contributed by atoms with E-state index in [1.807, 2.05) is 7.11 Å². The minimum absolute atomic E-state index is 0.489. The van der Waals surface area contributed by atoms with E-state index in [2.05, 4.69) is 17.1 Å². The lowest BCUT2D eigenvalue weighted by Crippen LogP contribution is -2.34. The minimum Gasteiger partial charge on any atom is -0.380 e. The molecule has 0 bridgehead atoms. The highest BCUT2D eigenvalue weighted by atomic mass is 16.5. The fourth-order valence-corrected chi connectivity index (χ4v) is 3.04. The Kier molecular flexibility index (Phi) is 4.00. The van der Waals surface area contributed by atoms with Crippen LogP contribution in [0.3, 0.4) is 0 Å².